The van der Waals surface area contributed by atoms with E-state index in [9.17, 15) is 9.90 Å². The normalized spacial score (nSPS) is 22.9. The van der Waals surface area contributed by atoms with Gasteiger partial charge in [-0.1, -0.05) is 39.3 Å². The second kappa shape index (κ2) is 6.74. The Hall–Kier alpha value is -2.23. The molecule has 1 fully saturated rings. The third-order valence-corrected chi connectivity index (χ3v) is 6.40. The van der Waals surface area contributed by atoms with Gasteiger partial charge in [0.25, 0.3) is 0 Å². The summed E-state index contributed by atoms with van der Waals surface area (Å²) in [6, 6.07) is 6.03. The second-order valence-corrected chi connectivity index (χ2v) is 8.25. The molecule has 2 aromatic rings. The van der Waals surface area contributed by atoms with Crippen LogP contribution in [0.1, 0.15) is 75.5 Å². The van der Waals surface area contributed by atoms with Crippen molar-refractivity contribution in [1.82, 2.24) is 0 Å². The highest BCUT2D eigenvalue weighted by Gasteiger charge is 2.50. The first-order valence-corrected chi connectivity index (χ1v) is 10.1. The molecule has 2 unspecified atom stereocenters. The number of benzene rings is 2. The topological polar surface area (TPSA) is 55.8 Å². The lowest BCUT2D eigenvalue weighted by Gasteiger charge is -2.28. The van der Waals surface area contributed by atoms with E-state index in [1.807, 2.05) is 18.2 Å². The minimum atomic E-state index is -0.646. The van der Waals surface area contributed by atoms with Gasteiger partial charge in [-0.15, -0.1) is 0 Å². The van der Waals surface area contributed by atoms with Crippen LogP contribution in [-0.2, 0) is 16.6 Å². The highest BCUT2D eigenvalue weighted by Crippen LogP contribution is 2.63. The molecule has 0 radical (unpaired) electrons. The maximum Gasteiger partial charge on any atom is 0.513 e. The summed E-state index contributed by atoms with van der Waals surface area (Å²) in [7, 11) is 0. The van der Waals surface area contributed by atoms with Crippen molar-refractivity contribution < 1.29 is 19.4 Å². The van der Waals surface area contributed by atoms with Crippen LogP contribution in [0.3, 0.4) is 0 Å². The molecular weight excluding hydrogens is 340 g/mol. The fraction of sp³-hybridized carbons (Fsp3) is 0.522. The number of fused-ring (bicyclic) bond motifs is 6. The Kier molecular flexibility index (Phi) is 4.53. The summed E-state index contributed by atoms with van der Waals surface area (Å²) < 4.78 is 11.1. The van der Waals surface area contributed by atoms with Gasteiger partial charge in [-0.25, -0.2) is 4.79 Å². The molecule has 0 aromatic heterocycles. The van der Waals surface area contributed by atoms with E-state index in [2.05, 4.69) is 20.8 Å². The first kappa shape index (κ1) is 18.1. The Bertz CT molecular complexity index is 901. The summed E-state index contributed by atoms with van der Waals surface area (Å²) in [5.74, 6) is 1.30. The number of unbranched alkanes of at least 4 members (excludes halogenated alkanes) is 1. The first-order chi connectivity index (χ1) is 13.0. The van der Waals surface area contributed by atoms with Crippen molar-refractivity contribution in [1.29, 1.82) is 0 Å². The number of aromatic hydroxyl groups is 1. The Morgan fingerprint density at radius 1 is 1.30 bits per heavy atom. The monoisotopic (exact) mass is 368 g/mol. The van der Waals surface area contributed by atoms with Crippen molar-refractivity contribution in [2.75, 3.05) is 6.61 Å². The molecule has 2 aliphatic carbocycles. The van der Waals surface area contributed by atoms with Gasteiger partial charge >= 0.3 is 6.16 Å². The van der Waals surface area contributed by atoms with E-state index in [0.717, 1.165) is 66.0 Å². The third kappa shape index (κ3) is 2.86. The van der Waals surface area contributed by atoms with Crippen LogP contribution >= 0.6 is 0 Å². The number of aryl methyl sites for hydroxylation is 1. The number of hydrogen-bond donors (Lipinski definition) is 1. The van der Waals surface area contributed by atoms with Crippen molar-refractivity contribution in [3.8, 4) is 11.5 Å². The van der Waals surface area contributed by atoms with E-state index in [-0.39, 0.29) is 5.41 Å². The molecule has 2 aliphatic rings. The van der Waals surface area contributed by atoms with Crippen molar-refractivity contribution in [3.63, 3.8) is 0 Å². The fourth-order valence-corrected chi connectivity index (χ4v) is 4.96. The molecule has 4 heteroatoms. The number of phenols is 1. The largest absolute Gasteiger partial charge is 0.513 e. The van der Waals surface area contributed by atoms with E-state index in [1.54, 1.807) is 0 Å². The number of phenolic OH excluding ortho intramolecular Hbond substituents is 1. The summed E-state index contributed by atoms with van der Waals surface area (Å²) in [5.41, 5.74) is 3.12. The lowest BCUT2D eigenvalue weighted by molar-refractivity contribution is 0.0978. The van der Waals surface area contributed by atoms with Crippen molar-refractivity contribution in [2.24, 2.45) is 0 Å². The minimum absolute atomic E-state index is 0.0358. The number of hydrogen-bond acceptors (Lipinski definition) is 4. The molecule has 4 rings (SSSR count). The zero-order chi connectivity index (χ0) is 19.2. The van der Waals surface area contributed by atoms with Gasteiger partial charge in [0.15, 0.2) is 0 Å². The molecule has 27 heavy (non-hydrogen) atoms. The van der Waals surface area contributed by atoms with Gasteiger partial charge in [-0.2, -0.15) is 0 Å². The molecule has 2 atom stereocenters. The van der Waals surface area contributed by atoms with E-state index in [4.69, 9.17) is 9.47 Å². The average Bonchev–Trinajstić information content (AvgIpc) is 3.19. The van der Waals surface area contributed by atoms with E-state index >= 15 is 0 Å². The predicted molar refractivity (Wildman–Crippen MR) is 106 cm³/mol. The van der Waals surface area contributed by atoms with E-state index in [1.165, 1.54) is 0 Å². The second-order valence-electron chi connectivity index (χ2n) is 8.25. The highest BCUT2D eigenvalue weighted by atomic mass is 16.7. The number of carbonyl (C=O) groups excluding carboxylic acids is 1. The zero-order valence-corrected chi connectivity index (χ0v) is 16.4. The quantitative estimate of drug-likeness (QED) is 0.402. The fourth-order valence-electron chi connectivity index (χ4n) is 4.96. The van der Waals surface area contributed by atoms with Crippen LogP contribution in [0.2, 0.25) is 0 Å². The molecule has 0 amide bonds. The van der Waals surface area contributed by atoms with Crippen LogP contribution in [0.5, 0.6) is 11.5 Å². The number of carbonyl (C=O) groups is 1. The van der Waals surface area contributed by atoms with Crippen LogP contribution < -0.4 is 4.74 Å². The molecule has 1 N–H and O–H groups in total. The van der Waals surface area contributed by atoms with Crippen LogP contribution in [0.25, 0.3) is 10.8 Å². The molecule has 1 saturated carbocycles. The highest BCUT2D eigenvalue weighted by molar-refractivity contribution is 5.98. The van der Waals surface area contributed by atoms with Gasteiger partial charge in [0.05, 0.1) is 6.61 Å². The maximum absolute atomic E-state index is 12.3. The molecule has 0 saturated heterocycles. The Labute approximate surface area is 160 Å². The number of ether oxygens (including phenoxy) is 2. The van der Waals surface area contributed by atoms with Crippen molar-refractivity contribution in [3.05, 3.63) is 34.9 Å². The lowest BCUT2D eigenvalue weighted by atomic mass is 9.78. The molecular formula is C23H28O4. The molecule has 0 spiro atoms. The molecule has 0 heterocycles. The lowest BCUT2D eigenvalue weighted by Crippen LogP contribution is -2.18. The summed E-state index contributed by atoms with van der Waals surface area (Å²) in [6.07, 6.45) is 5.17. The molecule has 0 aliphatic heterocycles. The molecule has 2 bridgehead atoms. The summed E-state index contributed by atoms with van der Waals surface area (Å²) >= 11 is 0. The van der Waals surface area contributed by atoms with Crippen LogP contribution in [0.4, 0.5) is 4.79 Å². The van der Waals surface area contributed by atoms with Gasteiger partial charge in [0, 0.05) is 21.9 Å². The van der Waals surface area contributed by atoms with Gasteiger partial charge in [-0.05, 0) is 55.1 Å². The maximum atomic E-state index is 12.3. The zero-order valence-electron chi connectivity index (χ0n) is 16.4. The van der Waals surface area contributed by atoms with Crippen LogP contribution in [-0.4, -0.2) is 17.9 Å². The third-order valence-electron chi connectivity index (χ3n) is 6.40. The van der Waals surface area contributed by atoms with Crippen LogP contribution in [0, 0.1) is 0 Å². The van der Waals surface area contributed by atoms with Gasteiger partial charge in [-0.3, -0.25) is 0 Å². The summed E-state index contributed by atoms with van der Waals surface area (Å²) in [6.45, 7) is 6.73. The SMILES string of the molecule is CCCCOC(=O)Oc1c2c(c(O)c3ccc(CC)cc13)C1(C)CCC2C1. The average molecular weight is 368 g/mol. The smallest absolute Gasteiger partial charge is 0.507 e. The van der Waals surface area contributed by atoms with E-state index < -0.39 is 6.16 Å². The van der Waals surface area contributed by atoms with E-state index in [0.29, 0.717) is 24.0 Å². The Balaban J connectivity index is 1.86. The minimum Gasteiger partial charge on any atom is -0.507 e. The van der Waals surface area contributed by atoms with Crippen molar-refractivity contribution in [2.45, 2.75) is 70.6 Å². The summed E-state index contributed by atoms with van der Waals surface area (Å²) in [4.78, 5) is 12.3. The van der Waals surface area contributed by atoms with Gasteiger partial charge in [0.1, 0.15) is 11.5 Å². The predicted octanol–water partition coefficient (Wildman–Crippen LogP) is 5.96. The molecule has 144 valence electrons. The van der Waals surface area contributed by atoms with Gasteiger partial charge in [0.2, 0.25) is 0 Å². The Morgan fingerprint density at radius 2 is 2.11 bits per heavy atom. The first-order valence-electron chi connectivity index (χ1n) is 10.1. The standard InChI is InChI=1S/C23H28O4/c1-4-6-11-26-22(25)27-21-17-12-14(5-2)7-8-16(17)20(24)19-18(21)15-9-10-23(19,3)13-15/h7-8,12,15,24H,4-6,9-11,13H2,1-3H3. The number of rotatable bonds is 5. The summed E-state index contributed by atoms with van der Waals surface area (Å²) in [5, 5.41) is 12.7. The Morgan fingerprint density at radius 3 is 2.85 bits per heavy atom. The van der Waals surface area contributed by atoms with Crippen LogP contribution in [0.15, 0.2) is 18.2 Å². The molecule has 4 nitrogen and oxygen atoms in total. The molecule has 2 aromatic carbocycles. The van der Waals surface area contributed by atoms with Gasteiger partial charge < -0.3 is 14.6 Å². The van der Waals surface area contributed by atoms with Crippen molar-refractivity contribution >= 4 is 16.9 Å².